The number of aromatic nitrogens is 2. The number of aromatic hydroxyl groups is 1. The zero-order chi connectivity index (χ0) is 21.3. The number of methoxy groups -OCH3 is 1. The minimum absolute atomic E-state index is 0.00125. The Bertz CT molecular complexity index is 1240. The van der Waals surface area contributed by atoms with Crippen molar-refractivity contribution in [1.82, 2.24) is 9.97 Å². The molecule has 4 aromatic rings. The topological polar surface area (TPSA) is 89.4 Å². The van der Waals surface area contributed by atoms with Gasteiger partial charge in [0.1, 0.15) is 22.5 Å². The number of nitrogens with zero attached hydrogens (tertiary/aromatic N) is 2. The van der Waals surface area contributed by atoms with Gasteiger partial charge in [-0.05, 0) is 52.0 Å². The molecule has 150 valence electrons. The van der Waals surface area contributed by atoms with Gasteiger partial charge in [-0.25, -0.2) is 9.97 Å². The first-order chi connectivity index (χ1) is 13.7. The maximum absolute atomic E-state index is 11.4. The lowest BCUT2D eigenvalue weighted by molar-refractivity contribution is 0.101. The molecule has 0 spiro atoms. The molecule has 0 radical (unpaired) electrons. The lowest BCUT2D eigenvalue weighted by atomic mass is 10.1. The van der Waals surface area contributed by atoms with Crippen LogP contribution >= 0.6 is 22.7 Å². The highest BCUT2D eigenvalue weighted by molar-refractivity contribution is 7.19. The third-order valence-corrected chi connectivity index (χ3v) is 6.23. The Balaban J connectivity index is 0.000000166. The third kappa shape index (κ3) is 4.13. The summed E-state index contributed by atoms with van der Waals surface area (Å²) in [7, 11) is 1.61. The predicted molar refractivity (Wildman–Crippen MR) is 117 cm³/mol. The molecule has 2 heterocycles. The van der Waals surface area contributed by atoms with Gasteiger partial charge < -0.3 is 9.84 Å². The van der Waals surface area contributed by atoms with Crippen LogP contribution in [0, 0.1) is 13.8 Å². The number of Topliss-reactive ketones (excluding diaryl/α,β-unsaturated/α-hetero) is 2. The number of ketones is 2. The molecule has 0 atom stereocenters. The van der Waals surface area contributed by atoms with Gasteiger partial charge in [-0.15, -0.1) is 22.7 Å². The molecule has 0 saturated heterocycles. The predicted octanol–water partition coefficient (Wildman–Crippen LogP) is 5.33. The molecular weight excluding hydrogens is 408 g/mol. The molecule has 8 heteroatoms. The van der Waals surface area contributed by atoms with E-state index in [0.717, 1.165) is 36.2 Å². The van der Waals surface area contributed by atoms with E-state index in [-0.39, 0.29) is 17.3 Å². The number of benzene rings is 2. The first-order valence-corrected chi connectivity index (χ1v) is 10.4. The summed E-state index contributed by atoms with van der Waals surface area (Å²) in [6.07, 6.45) is 0. The fourth-order valence-electron chi connectivity index (χ4n) is 2.91. The van der Waals surface area contributed by atoms with Crippen LogP contribution < -0.4 is 4.74 Å². The van der Waals surface area contributed by atoms with Crippen LogP contribution in [0.5, 0.6) is 11.5 Å². The highest BCUT2D eigenvalue weighted by Gasteiger charge is 2.14. The van der Waals surface area contributed by atoms with E-state index in [1.165, 1.54) is 35.7 Å². The van der Waals surface area contributed by atoms with Crippen molar-refractivity contribution in [2.45, 2.75) is 27.7 Å². The molecular formula is C21H20N2O4S2. The lowest BCUT2D eigenvalue weighted by Crippen LogP contribution is -1.93. The second-order valence-electron chi connectivity index (χ2n) is 6.38. The number of carbonyl (C=O) groups excluding carboxylic acids is 2. The van der Waals surface area contributed by atoms with E-state index in [9.17, 15) is 14.7 Å². The van der Waals surface area contributed by atoms with Crippen LogP contribution in [0.2, 0.25) is 0 Å². The second-order valence-corrected chi connectivity index (χ2v) is 8.79. The Morgan fingerprint density at radius 3 is 1.86 bits per heavy atom. The minimum atomic E-state index is -0.00125. The number of aryl methyl sites for hydroxylation is 2. The van der Waals surface area contributed by atoms with Gasteiger partial charge in [0, 0.05) is 11.1 Å². The summed E-state index contributed by atoms with van der Waals surface area (Å²) in [5.74, 6) is 0.915. The molecule has 6 nitrogen and oxygen atoms in total. The average molecular weight is 429 g/mol. The zero-order valence-electron chi connectivity index (χ0n) is 16.7. The van der Waals surface area contributed by atoms with Crippen LogP contribution in [0.4, 0.5) is 0 Å². The van der Waals surface area contributed by atoms with E-state index < -0.39 is 0 Å². The van der Waals surface area contributed by atoms with Crippen molar-refractivity contribution in [2.75, 3.05) is 7.11 Å². The number of ether oxygens (including phenoxy) is 1. The standard InChI is InChI=1S/C11H11NO2S.C10H9NO2S/c1-6(13)8-4-5-9(14-3)10-11(8)15-7(2)12-10;1-5(12)7-3-4-8(13)9-10(7)14-6(2)11-9/h4-5H,1-3H3;3-4,13H,1-2H3. The Morgan fingerprint density at radius 2 is 1.34 bits per heavy atom. The summed E-state index contributed by atoms with van der Waals surface area (Å²) in [4.78, 5) is 31.2. The molecule has 2 aromatic heterocycles. The Labute approximate surface area is 175 Å². The first-order valence-electron chi connectivity index (χ1n) is 8.78. The molecule has 2 aromatic carbocycles. The Kier molecular flexibility index (Phi) is 5.95. The maximum Gasteiger partial charge on any atom is 0.161 e. The lowest BCUT2D eigenvalue weighted by Gasteiger charge is -2.02. The molecule has 0 bridgehead atoms. The number of thiazole rings is 2. The maximum atomic E-state index is 11.4. The molecule has 4 rings (SSSR count). The normalized spacial score (nSPS) is 10.7. The summed E-state index contributed by atoms with van der Waals surface area (Å²) in [6, 6.07) is 6.73. The molecule has 0 amide bonds. The van der Waals surface area contributed by atoms with Gasteiger partial charge in [-0.2, -0.15) is 0 Å². The van der Waals surface area contributed by atoms with Crippen molar-refractivity contribution in [3.05, 3.63) is 45.4 Å². The van der Waals surface area contributed by atoms with Crippen molar-refractivity contribution < 1.29 is 19.4 Å². The number of fused-ring (bicyclic) bond motifs is 2. The van der Waals surface area contributed by atoms with E-state index >= 15 is 0 Å². The third-order valence-electron chi connectivity index (χ3n) is 4.22. The van der Waals surface area contributed by atoms with Crippen LogP contribution in [0.3, 0.4) is 0 Å². The number of hydrogen-bond acceptors (Lipinski definition) is 8. The van der Waals surface area contributed by atoms with Gasteiger partial charge in [0.05, 0.1) is 26.5 Å². The molecule has 1 N–H and O–H groups in total. The van der Waals surface area contributed by atoms with E-state index in [4.69, 9.17) is 4.74 Å². The first kappa shape index (κ1) is 20.9. The fourth-order valence-corrected chi connectivity index (χ4v) is 4.91. The second kappa shape index (κ2) is 8.26. The largest absolute Gasteiger partial charge is 0.506 e. The van der Waals surface area contributed by atoms with Crippen molar-refractivity contribution in [1.29, 1.82) is 0 Å². The Morgan fingerprint density at radius 1 is 0.862 bits per heavy atom. The molecule has 0 aliphatic rings. The monoisotopic (exact) mass is 428 g/mol. The SMILES string of the molecule is CC(=O)c1ccc(O)c2nc(C)sc12.COc1ccc(C(C)=O)c2sc(C)nc12. The number of hydrogen-bond donors (Lipinski definition) is 1. The summed E-state index contributed by atoms with van der Waals surface area (Å²) >= 11 is 2.95. The fraction of sp³-hybridized carbons (Fsp3) is 0.238. The molecule has 0 unspecified atom stereocenters. The van der Waals surface area contributed by atoms with E-state index in [0.29, 0.717) is 11.1 Å². The van der Waals surface area contributed by atoms with Gasteiger partial charge in [0.15, 0.2) is 11.6 Å². The molecule has 0 aliphatic heterocycles. The molecule has 0 aliphatic carbocycles. The summed E-state index contributed by atoms with van der Waals surface area (Å²) in [5, 5.41) is 11.3. The average Bonchev–Trinajstić information content (AvgIpc) is 3.23. The van der Waals surface area contributed by atoms with Gasteiger partial charge in [-0.3, -0.25) is 9.59 Å². The molecule has 29 heavy (non-hydrogen) atoms. The molecule has 0 fully saturated rings. The van der Waals surface area contributed by atoms with E-state index in [1.54, 1.807) is 32.2 Å². The highest BCUT2D eigenvalue weighted by atomic mass is 32.1. The number of phenolic OH excluding ortho intramolecular Hbond substituents is 1. The molecule has 0 saturated carbocycles. The van der Waals surface area contributed by atoms with Crippen LogP contribution in [0.1, 0.15) is 44.6 Å². The number of rotatable bonds is 3. The van der Waals surface area contributed by atoms with E-state index in [2.05, 4.69) is 9.97 Å². The number of phenols is 1. The van der Waals surface area contributed by atoms with Crippen LogP contribution in [-0.4, -0.2) is 33.8 Å². The minimum Gasteiger partial charge on any atom is -0.506 e. The van der Waals surface area contributed by atoms with Crippen molar-refractivity contribution in [2.24, 2.45) is 0 Å². The van der Waals surface area contributed by atoms with Gasteiger partial charge >= 0.3 is 0 Å². The van der Waals surface area contributed by atoms with Crippen LogP contribution in [-0.2, 0) is 0 Å². The van der Waals surface area contributed by atoms with Crippen LogP contribution in [0.15, 0.2) is 24.3 Å². The van der Waals surface area contributed by atoms with Crippen LogP contribution in [0.25, 0.3) is 20.4 Å². The summed E-state index contributed by atoms with van der Waals surface area (Å²) in [6.45, 7) is 6.86. The van der Waals surface area contributed by atoms with Crippen molar-refractivity contribution in [3.8, 4) is 11.5 Å². The smallest absolute Gasteiger partial charge is 0.161 e. The summed E-state index contributed by atoms with van der Waals surface area (Å²) in [5.41, 5.74) is 2.66. The highest BCUT2D eigenvalue weighted by Crippen LogP contribution is 2.33. The quantitative estimate of drug-likeness (QED) is 0.444. The van der Waals surface area contributed by atoms with Crippen molar-refractivity contribution in [3.63, 3.8) is 0 Å². The Hall–Kier alpha value is -2.84. The van der Waals surface area contributed by atoms with Gasteiger partial charge in [0.2, 0.25) is 0 Å². The zero-order valence-corrected chi connectivity index (χ0v) is 18.3. The van der Waals surface area contributed by atoms with E-state index in [1.807, 2.05) is 13.8 Å². The van der Waals surface area contributed by atoms with Gasteiger partial charge in [0.25, 0.3) is 0 Å². The number of carbonyl (C=O) groups is 2. The van der Waals surface area contributed by atoms with Gasteiger partial charge in [-0.1, -0.05) is 0 Å². The summed E-state index contributed by atoms with van der Waals surface area (Å²) < 4.78 is 6.90. The van der Waals surface area contributed by atoms with Crippen molar-refractivity contribution >= 4 is 54.7 Å².